The molecular weight excluding hydrogens is 294 g/mol. The summed E-state index contributed by atoms with van der Waals surface area (Å²) in [4.78, 5) is 9.33. The number of aliphatic imine (C=N–C) groups is 1. The van der Waals surface area contributed by atoms with Crippen LogP contribution in [0.25, 0.3) is 0 Å². The Bertz CT molecular complexity index is 335. The molecule has 2 aliphatic rings. The molecule has 0 aromatic rings. The molecule has 0 bridgehead atoms. The molecule has 22 heavy (non-hydrogen) atoms. The first-order chi connectivity index (χ1) is 10.7. The van der Waals surface area contributed by atoms with Crippen LogP contribution in [0.5, 0.6) is 0 Å². The first-order valence-corrected chi connectivity index (χ1v) is 9.69. The number of nitrogens with zero attached hydrogens (tertiary/aromatic N) is 3. The highest BCUT2D eigenvalue weighted by atomic mass is 32.2. The molecule has 2 rings (SSSR count). The number of nitrogens with one attached hydrogen (secondary N) is 2. The third-order valence-electron chi connectivity index (χ3n) is 4.53. The molecule has 0 saturated carbocycles. The minimum absolute atomic E-state index is 0.641. The van der Waals surface area contributed by atoms with Gasteiger partial charge in [0.2, 0.25) is 0 Å². The van der Waals surface area contributed by atoms with Crippen molar-refractivity contribution < 1.29 is 0 Å². The highest BCUT2D eigenvalue weighted by Crippen LogP contribution is 2.25. The van der Waals surface area contributed by atoms with E-state index in [9.17, 15) is 0 Å². The van der Waals surface area contributed by atoms with Gasteiger partial charge in [-0.3, -0.25) is 4.99 Å². The summed E-state index contributed by atoms with van der Waals surface area (Å²) < 4.78 is 0. The Labute approximate surface area is 140 Å². The fourth-order valence-electron chi connectivity index (χ4n) is 3.04. The fourth-order valence-corrected chi connectivity index (χ4v) is 4.24. The van der Waals surface area contributed by atoms with Crippen molar-refractivity contribution in [2.75, 3.05) is 65.7 Å². The van der Waals surface area contributed by atoms with Crippen LogP contribution in [0.2, 0.25) is 0 Å². The van der Waals surface area contributed by atoms with E-state index in [4.69, 9.17) is 0 Å². The zero-order valence-corrected chi connectivity index (χ0v) is 15.3. The van der Waals surface area contributed by atoms with Gasteiger partial charge in [-0.25, -0.2) is 0 Å². The lowest BCUT2D eigenvalue weighted by atomic mass is 10.1. The van der Waals surface area contributed by atoms with Crippen LogP contribution in [0, 0.1) is 5.92 Å². The second-order valence-electron chi connectivity index (χ2n) is 6.68. The number of thioether (sulfide) groups is 1. The van der Waals surface area contributed by atoms with Gasteiger partial charge in [0, 0.05) is 58.1 Å². The maximum atomic E-state index is 4.34. The third kappa shape index (κ3) is 6.34. The van der Waals surface area contributed by atoms with Crippen LogP contribution < -0.4 is 10.6 Å². The standard InChI is InChI=1S/C16H33N5S/c1-14(13-21-8-6-20(3)7-9-21)11-18-16(17-2)19-12-15-5-4-10-22-15/h14-15H,4-13H2,1-3H3,(H2,17,18,19). The molecule has 0 aromatic carbocycles. The lowest BCUT2D eigenvalue weighted by molar-refractivity contribution is 0.139. The first-order valence-electron chi connectivity index (χ1n) is 8.64. The average Bonchev–Trinajstić information content (AvgIpc) is 3.03. The quantitative estimate of drug-likeness (QED) is 0.561. The van der Waals surface area contributed by atoms with Gasteiger partial charge in [-0.1, -0.05) is 6.92 Å². The van der Waals surface area contributed by atoms with Gasteiger partial charge in [0.05, 0.1) is 0 Å². The van der Waals surface area contributed by atoms with Gasteiger partial charge >= 0.3 is 0 Å². The summed E-state index contributed by atoms with van der Waals surface area (Å²) in [6.07, 6.45) is 2.71. The third-order valence-corrected chi connectivity index (χ3v) is 5.93. The van der Waals surface area contributed by atoms with Crippen molar-refractivity contribution in [2.24, 2.45) is 10.9 Å². The Hall–Kier alpha value is -0.460. The number of piperazine rings is 1. The summed E-state index contributed by atoms with van der Waals surface area (Å²) in [6, 6.07) is 0. The molecule has 2 atom stereocenters. The molecular formula is C16H33N5S. The Kier molecular flexibility index (Phi) is 7.83. The van der Waals surface area contributed by atoms with Crippen molar-refractivity contribution in [3.8, 4) is 0 Å². The number of likely N-dealkylation sites (N-methyl/N-ethyl adjacent to an activating group) is 1. The van der Waals surface area contributed by atoms with Crippen LogP contribution in [-0.4, -0.2) is 86.7 Å². The lowest BCUT2D eigenvalue weighted by Gasteiger charge is -2.34. The molecule has 6 heteroatoms. The lowest BCUT2D eigenvalue weighted by Crippen LogP contribution is -2.48. The molecule has 2 unspecified atom stereocenters. The van der Waals surface area contributed by atoms with Gasteiger partial charge < -0.3 is 20.4 Å². The van der Waals surface area contributed by atoms with E-state index in [1.165, 1.54) is 51.3 Å². The number of rotatable bonds is 6. The van der Waals surface area contributed by atoms with E-state index in [0.717, 1.165) is 24.3 Å². The molecule has 2 aliphatic heterocycles. The van der Waals surface area contributed by atoms with Crippen molar-refractivity contribution in [1.29, 1.82) is 0 Å². The molecule has 2 saturated heterocycles. The van der Waals surface area contributed by atoms with E-state index in [0.29, 0.717) is 5.92 Å². The summed E-state index contributed by atoms with van der Waals surface area (Å²) in [7, 11) is 4.07. The van der Waals surface area contributed by atoms with E-state index < -0.39 is 0 Å². The van der Waals surface area contributed by atoms with Crippen LogP contribution in [0.1, 0.15) is 19.8 Å². The average molecular weight is 328 g/mol. The smallest absolute Gasteiger partial charge is 0.191 e. The Morgan fingerprint density at radius 2 is 2.05 bits per heavy atom. The second kappa shape index (κ2) is 9.63. The fraction of sp³-hybridized carbons (Fsp3) is 0.938. The summed E-state index contributed by atoms with van der Waals surface area (Å²) in [5.74, 6) is 2.92. The number of guanidine groups is 1. The van der Waals surface area contributed by atoms with E-state index in [-0.39, 0.29) is 0 Å². The van der Waals surface area contributed by atoms with Gasteiger partial charge in [-0.2, -0.15) is 11.8 Å². The number of hydrogen-bond acceptors (Lipinski definition) is 4. The molecule has 0 aliphatic carbocycles. The van der Waals surface area contributed by atoms with E-state index in [1.54, 1.807) is 0 Å². The second-order valence-corrected chi connectivity index (χ2v) is 8.09. The predicted octanol–water partition coefficient (Wildman–Crippen LogP) is 0.931. The van der Waals surface area contributed by atoms with Gasteiger partial charge in [-0.05, 0) is 31.6 Å². The molecule has 2 N–H and O–H groups in total. The SMILES string of the molecule is CN=C(NCC(C)CN1CCN(C)CC1)NCC1CCCS1. The van der Waals surface area contributed by atoms with Gasteiger partial charge in [-0.15, -0.1) is 0 Å². The van der Waals surface area contributed by atoms with Crippen LogP contribution in [0.4, 0.5) is 0 Å². The first kappa shape index (κ1) is 17.9. The highest BCUT2D eigenvalue weighted by Gasteiger charge is 2.17. The van der Waals surface area contributed by atoms with Crippen molar-refractivity contribution in [2.45, 2.75) is 25.0 Å². The van der Waals surface area contributed by atoms with Crippen molar-refractivity contribution in [3.63, 3.8) is 0 Å². The maximum Gasteiger partial charge on any atom is 0.191 e. The van der Waals surface area contributed by atoms with Crippen molar-refractivity contribution >= 4 is 17.7 Å². The van der Waals surface area contributed by atoms with Crippen LogP contribution in [-0.2, 0) is 0 Å². The molecule has 5 nitrogen and oxygen atoms in total. The predicted molar refractivity (Wildman–Crippen MR) is 97.9 cm³/mol. The topological polar surface area (TPSA) is 42.9 Å². The monoisotopic (exact) mass is 327 g/mol. The Morgan fingerprint density at radius 1 is 1.27 bits per heavy atom. The minimum Gasteiger partial charge on any atom is -0.356 e. The van der Waals surface area contributed by atoms with E-state index in [2.05, 4.69) is 51.2 Å². The van der Waals surface area contributed by atoms with Crippen LogP contribution >= 0.6 is 11.8 Å². The summed E-state index contributed by atoms with van der Waals surface area (Å²) in [5, 5.41) is 7.72. The van der Waals surface area contributed by atoms with E-state index >= 15 is 0 Å². The van der Waals surface area contributed by atoms with Gasteiger partial charge in [0.25, 0.3) is 0 Å². The summed E-state index contributed by atoms with van der Waals surface area (Å²) >= 11 is 2.09. The molecule has 2 fully saturated rings. The molecule has 0 radical (unpaired) electrons. The summed E-state index contributed by atoms with van der Waals surface area (Å²) in [5.41, 5.74) is 0. The van der Waals surface area contributed by atoms with Gasteiger partial charge in [0.15, 0.2) is 5.96 Å². The molecule has 0 amide bonds. The summed E-state index contributed by atoms with van der Waals surface area (Å²) in [6.45, 7) is 10.3. The molecule has 128 valence electrons. The maximum absolute atomic E-state index is 4.34. The normalized spacial score (nSPS) is 26.1. The largest absolute Gasteiger partial charge is 0.356 e. The molecule has 0 spiro atoms. The van der Waals surface area contributed by atoms with E-state index in [1.807, 2.05) is 7.05 Å². The van der Waals surface area contributed by atoms with Crippen molar-refractivity contribution in [1.82, 2.24) is 20.4 Å². The van der Waals surface area contributed by atoms with Gasteiger partial charge in [0.1, 0.15) is 0 Å². The van der Waals surface area contributed by atoms with Crippen molar-refractivity contribution in [3.05, 3.63) is 0 Å². The molecule has 2 heterocycles. The zero-order chi connectivity index (χ0) is 15.8. The Morgan fingerprint density at radius 3 is 2.68 bits per heavy atom. The Balaban J connectivity index is 1.60. The zero-order valence-electron chi connectivity index (χ0n) is 14.5. The van der Waals surface area contributed by atoms with Crippen LogP contribution in [0.15, 0.2) is 4.99 Å². The number of hydrogen-bond donors (Lipinski definition) is 2. The van der Waals surface area contributed by atoms with Crippen LogP contribution in [0.3, 0.4) is 0 Å². The molecule has 0 aromatic heterocycles. The highest BCUT2D eigenvalue weighted by molar-refractivity contribution is 8.00. The minimum atomic E-state index is 0.641.